The highest BCUT2D eigenvalue weighted by atomic mass is 16.6. The van der Waals surface area contributed by atoms with E-state index in [0.29, 0.717) is 36.3 Å². The largest absolute Gasteiger partial charge is 0.479 e. The van der Waals surface area contributed by atoms with Crippen molar-refractivity contribution in [3.8, 4) is 5.75 Å². The number of hydrogen-bond donors (Lipinski definition) is 4. The number of amidine groups is 1. The summed E-state index contributed by atoms with van der Waals surface area (Å²) < 4.78 is 10.1. The summed E-state index contributed by atoms with van der Waals surface area (Å²) in [6.07, 6.45) is 2.87. The molecule has 10 heteroatoms. The van der Waals surface area contributed by atoms with Crippen LogP contribution in [-0.2, 0) is 19.1 Å². The summed E-state index contributed by atoms with van der Waals surface area (Å²) in [4.78, 5) is 46.6. The molecular weight excluding hydrogens is 466 g/mol. The normalized spacial score (nSPS) is 11.5. The number of unbranched alkanes of at least 4 members (excludes halogenated alkanes) is 1. The molecule has 2 rings (SSSR count). The number of ether oxygens (including phenoxy) is 2. The minimum atomic E-state index is -1.20. The van der Waals surface area contributed by atoms with Crippen molar-refractivity contribution >= 4 is 35.7 Å². The fourth-order valence-electron chi connectivity index (χ4n) is 2.99. The van der Waals surface area contributed by atoms with E-state index in [4.69, 9.17) is 25.7 Å². The first-order chi connectivity index (χ1) is 17.1. The van der Waals surface area contributed by atoms with Gasteiger partial charge >= 0.3 is 17.9 Å². The summed E-state index contributed by atoms with van der Waals surface area (Å²) in [7, 11) is 0. The molecule has 0 radical (unpaired) electrons. The maximum Gasteiger partial charge on any atom is 0.344 e. The summed E-state index contributed by atoms with van der Waals surface area (Å²) in [6.45, 7) is 3.44. The molecule has 0 aliphatic rings. The maximum absolute atomic E-state index is 12.4. The SMILES string of the molecule is Cc1cc(C(=O)Oc2ccc(C(=N)N)cc2)ccc1/C=C/C(=O)NCCCCC(=O)OC(C)C(=O)O. The van der Waals surface area contributed by atoms with Crippen LogP contribution in [0.4, 0.5) is 0 Å². The molecule has 0 aliphatic carbocycles. The van der Waals surface area contributed by atoms with Gasteiger partial charge in [-0.15, -0.1) is 0 Å². The van der Waals surface area contributed by atoms with Gasteiger partial charge in [-0.2, -0.15) is 0 Å². The lowest BCUT2D eigenvalue weighted by Gasteiger charge is -2.08. The first-order valence-corrected chi connectivity index (χ1v) is 11.2. The van der Waals surface area contributed by atoms with Crippen molar-refractivity contribution in [2.45, 2.75) is 39.2 Å². The molecule has 0 bridgehead atoms. The van der Waals surface area contributed by atoms with E-state index >= 15 is 0 Å². The molecule has 2 aromatic rings. The molecule has 0 saturated heterocycles. The van der Waals surface area contributed by atoms with Gasteiger partial charge in [0, 0.05) is 24.6 Å². The Morgan fingerprint density at radius 3 is 2.36 bits per heavy atom. The van der Waals surface area contributed by atoms with E-state index in [1.54, 1.807) is 55.5 Å². The molecule has 5 N–H and O–H groups in total. The molecule has 0 saturated carbocycles. The predicted octanol–water partition coefficient (Wildman–Crippen LogP) is 2.81. The number of hydrogen-bond acceptors (Lipinski definition) is 7. The molecular formula is C26H29N3O7. The lowest BCUT2D eigenvalue weighted by atomic mass is 10.0. The highest BCUT2D eigenvalue weighted by molar-refractivity contribution is 5.95. The first kappa shape index (κ1) is 27.8. The smallest absolute Gasteiger partial charge is 0.344 e. The lowest BCUT2D eigenvalue weighted by molar-refractivity contribution is -0.162. The van der Waals surface area contributed by atoms with Gasteiger partial charge in [-0.1, -0.05) is 6.07 Å². The number of benzene rings is 2. The Morgan fingerprint density at radius 2 is 1.75 bits per heavy atom. The van der Waals surface area contributed by atoms with Crippen LogP contribution in [0.3, 0.4) is 0 Å². The van der Waals surface area contributed by atoms with Crippen LogP contribution in [0, 0.1) is 12.3 Å². The molecule has 2 aromatic carbocycles. The maximum atomic E-state index is 12.4. The molecule has 36 heavy (non-hydrogen) atoms. The number of carbonyl (C=O) groups excluding carboxylic acids is 3. The van der Waals surface area contributed by atoms with Crippen LogP contribution >= 0.6 is 0 Å². The highest BCUT2D eigenvalue weighted by Crippen LogP contribution is 2.17. The highest BCUT2D eigenvalue weighted by Gasteiger charge is 2.15. The average Bonchev–Trinajstić information content (AvgIpc) is 2.83. The molecule has 0 spiro atoms. The van der Waals surface area contributed by atoms with Crippen LogP contribution in [-0.4, -0.2) is 47.4 Å². The van der Waals surface area contributed by atoms with E-state index in [1.165, 1.54) is 13.0 Å². The molecule has 1 unspecified atom stereocenters. The summed E-state index contributed by atoms with van der Waals surface area (Å²) in [5.41, 5.74) is 7.81. The van der Waals surface area contributed by atoms with Gasteiger partial charge in [-0.05, 0) is 80.3 Å². The van der Waals surface area contributed by atoms with E-state index in [2.05, 4.69) is 5.32 Å². The van der Waals surface area contributed by atoms with E-state index in [1.807, 2.05) is 0 Å². The number of rotatable bonds is 12. The van der Waals surface area contributed by atoms with Gasteiger partial charge in [0.05, 0.1) is 5.56 Å². The molecule has 1 amide bonds. The van der Waals surface area contributed by atoms with E-state index in [-0.39, 0.29) is 18.2 Å². The minimum Gasteiger partial charge on any atom is -0.479 e. The van der Waals surface area contributed by atoms with Gasteiger partial charge in [0.15, 0.2) is 6.10 Å². The van der Waals surface area contributed by atoms with Gasteiger partial charge in [-0.3, -0.25) is 15.0 Å². The molecule has 0 aromatic heterocycles. The zero-order valence-corrected chi connectivity index (χ0v) is 20.1. The second-order valence-corrected chi connectivity index (χ2v) is 7.95. The standard InChI is InChI=1S/C26H29N3O7/c1-16-15-20(26(34)36-21-11-8-19(9-12-21)24(27)28)7-6-18(16)10-13-22(30)29-14-4-3-5-23(31)35-17(2)25(32)33/h6-13,15,17H,3-5,14H2,1-2H3,(H3,27,28)(H,29,30)(H,32,33)/b13-10+. The van der Waals surface area contributed by atoms with Crippen LogP contribution < -0.4 is 15.8 Å². The number of nitrogen functional groups attached to an aromatic ring is 1. The minimum absolute atomic E-state index is 0.0705. The average molecular weight is 496 g/mol. The van der Waals surface area contributed by atoms with E-state index in [9.17, 15) is 19.2 Å². The van der Waals surface area contributed by atoms with Gasteiger partial charge in [0.25, 0.3) is 0 Å². The van der Waals surface area contributed by atoms with Crippen LogP contribution in [0.2, 0.25) is 0 Å². The van der Waals surface area contributed by atoms with Crippen molar-refractivity contribution in [3.63, 3.8) is 0 Å². The summed E-state index contributed by atoms with van der Waals surface area (Å²) in [5, 5.41) is 18.8. The fraction of sp³-hybridized carbons (Fsp3) is 0.269. The lowest BCUT2D eigenvalue weighted by Crippen LogP contribution is -2.24. The third kappa shape index (κ3) is 9.05. The number of carboxylic acid groups (broad SMARTS) is 1. The third-order valence-corrected chi connectivity index (χ3v) is 5.06. The predicted molar refractivity (Wildman–Crippen MR) is 133 cm³/mol. The number of esters is 2. The summed E-state index contributed by atoms with van der Waals surface area (Å²) in [5.74, 6) is -2.39. The zero-order chi connectivity index (χ0) is 26.7. The second kappa shape index (κ2) is 13.4. The van der Waals surface area contributed by atoms with Crippen LogP contribution in [0.25, 0.3) is 6.08 Å². The van der Waals surface area contributed by atoms with Crippen LogP contribution in [0.5, 0.6) is 5.75 Å². The van der Waals surface area contributed by atoms with Crippen molar-refractivity contribution in [1.82, 2.24) is 5.32 Å². The van der Waals surface area contributed by atoms with Gasteiger partial charge < -0.3 is 25.6 Å². The number of aliphatic carboxylic acids is 1. The summed E-state index contributed by atoms with van der Waals surface area (Å²) in [6, 6.07) is 11.3. The zero-order valence-electron chi connectivity index (χ0n) is 20.1. The molecule has 0 aliphatic heterocycles. The first-order valence-electron chi connectivity index (χ1n) is 11.2. The quantitative estimate of drug-likeness (QED) is 0.0870. The number of amides is 1. The van der Waals surface area contributed by atoms with Crippen LogP contribution in [0.1, 0.15) is 53.2 Å². The topological polar surface area (TPSA) is 169 Å². The van der Waals surface area contributed by atoms with E-state index < -0.39 is 24.0 Å². The van der Waals surface area contributed by atoms with Gasteiger partial charge in [0.2, 0.25) is 5.91 Å². The van der Waals surface area contributed by atoms with E-state index in [0.717, 1.165) is 11.1 Å². The molecule has 1 atom stereocenters. The van der Waals surface area contributed by atoms with Gasteiger partial charge in [0.1, 0.15) is 11.6 Å². The molecule has 0 heterocycles. The number of nitrogens with two attached hydrogens (primary N) is 1. The number of aryl methyl sites for hydroxylation is 1. The molecule has 10 nitrogen and oxygen atoms in total. The third-order valence-electron chi connectivity index (χ3n) is 5.06. The van der Waals surface area contributed by atoms with Crippen molar-refractivity contribution in [2.24, 2.45) is 5.73 Å². The Bertz CT molecular complexity index is 1160. The Labute approximate surface area is 208 Å². The van der Waals surface area contributed by atoms with Crippen molar-refractivity contribution in [2.75, 3.05) is 6.54 Å². The summed E-state index contributed by atoms with van der Waals surface area (Å²) >= 11 is 0. The van der Waals surface area contributed by atoms with Crippen molar-refractivity contribution in [1.29, 1.82) is 5.41 Å². The fourth-order valence-corrected chi connectivity index (χ4v) is 2.99. The van der Waals surface area contributed by atoms with Crippen molar-refractivity contribution < 1.29 is 33.8 Å². The number of carbonyl (C=O) groups is 4. The molecule has 0 fully saturated rings. The number of carboxylic acids is 1. The number of nitrogens with one attached hydrogen (secondary N) is 2. The monoisotopic (exact) mass is 495 g/mol. The second-order valence-electron chi connectivity index (χ2n) is 7.95. The Kier molecular flexibility index (Phi) is 10.4. The van der Waals surface area contributed by atoms with Gasteiger partial charge in [-0.25, -0.2) is 9.59 Å². The van der Waals surface area contributed by atoms with Crippen LogP contribution in [0.15, 0.2) is 48.5 Å². The van der Waals surface area contributed by atoms with Crippen molar-refractivity contribution in [3.05, 3.63) is 70.8 Å². The Morgan fingerprint density at radius 1 is 1.08 bits per heavy atom. The Balaban J connectivity index is 1.79. The molecule has 190 valence electrons. The Hall–Kier alpha value is -4.47.